The highest BCUT2D eigenvalue weighted by Gasteiger charge is 2.36. The van der Waals surface area contributed by atoms with Crippen molar-refractivity contribution in [1.29, 1.82) is 0 Å². The summed E-state index contributed by atoms with van der Waals surface area (Å²) in [6.45, 7) is 5.27. The fourth-order valence-corrected chi connectivity index (χ4v) is 4.91. The molecule has 3 aromatic rings. The maximum atomic E-state index is 13.5. The minimum absolute atomic E-state index is 0.0771. The van der Waals surface area contributed by atoms with E-state index >= 15 is 0 Å². The molecule has 1 aliphatic heterocycles. The lowest BCUT2D eigenvalue weighted by Gasteiger charge is -2.34. The molecule has 1 saturated heterocycles. The second kappa shape index (κ2) is 15.9. The molecule has 2 heterocycles. The van der Waals surface area contributed by atoms with Gasteiger partial charge < -0.3 is 33.7 Å². The number of rotatable bonds is 10. The average molecular weight is 621 g/mol. The zero-order valence-electron chi connectivity index (χ0n) is 26.2. The third-order valence-electron chi connectivity index (χ3n) is 7.39. The summed E-state index contributed by atoms with van der Waals surface area (Å²) in [4.78, 5) is 43.4. The van der Waals surface area contributed by atoms with Crippen LogP contribution in [0.3, 0.4) is 0 Å². The molecule has 0 bridgehead atoms. The molecule has 1 amide bonds. The summed E-state index contributed by atoms with van der Waals surface area (Å²) < 4.78 is 34.3. The van der Waals surface area contributed by atoms with E-state index in [1.165, 1.54) is 19.4 Å². The van der Waals surface area contributed by atoms with Gasteiger partial charge in [0.15, 0.2) is 17.5 Å². The highest BCUT2D eigenvalue weighted by Crippen LogP contribution is 2.31. The largest absolute Gasteiger partial charge is 0.497 e. The first-order valence-corrected chi connectivity index (χ1v) is 14.9. The van der Waals surface area contributed by atoms with Crippen LogP contribution in [-0.4, -0.2) is 68.5 Å². The third kappa shape index (κ3) is 8.95. The van der Waals surface area contributed by atoms with E-state index in [1.807, 2.05) is 54.6 Å². The van der Waals surface area contributed by atoms with Crippen molar-refractivity contribution in [3.8, 4) is 23.0 Å². The molecule has 45 heavy (non-hydrogen) atoms. The molecule has 1 fully saturated rings. The Hall–Kier alpha value is -4.64. The minimum atomic E-state index is -1.17. The Kier molecular flexibility index (Phi) is 11.7. The van der Waals surface area contributed by atoms with Gasteiger partial charge in [0.1, 0.15) is 23.7 Å². The first-order chi connectivity index (χ1) is 21.7. The zero-order valence-corrected chi connectivity index (χ0v) is 26.2. The van der Waals surface area contributed by atoms with E-state index in [9.17, 15) is 14.4 Å². The molecule has 240 valence electrons. The number of nitrogens with zero attached hydrogens (tertiary/aromatic N) is 1. The number of carbonyl (C=O) groups is 3. The molecule has 11 nitrogen and oxygen atoms in total. The van der Waals surface area contributed by atoms with Crippen LogP contribution in [0.2, 0.25) is 0 Å². The van der Waals surface area contributed by atoms with Crippen molar-refractivity contribution in [3.63, 3.8) is 0 Å². The van der Waals surface area contributed by atoms with E-state index in [4.69, 9.17) is 28.4 Å². The number of amides is 1. The van der Waals surface area contributed by atoms with E-state index in [2.05, 4.69) is 10.3 Å². The fraction of sp³-hybridized carbons (Fsp3) is 0.412. The number of cyclic esters (lactones) is 1. The van der Waals surface area contributed by atoms with Gasteiger partial charge in [-0.3, -0.25) is 9.59 Å². The molecule has 0 spiro atoms. The van der Waals surface area contributed by atoms with Gasteiger partial charge in [0.05, 0.1) is 26.7 Å². The van der Waals surface area contributed by atoms with E-state index in [0.29, 0.717) is 25.2 Å². The van der Waals surface area contributed by atoms with Crippen LogP contribution in [0.5, 0.6) is 23.0 Å². The number of pyridine rings is 1. The molecular formula is C34H40N2O9. The average Bonchev–Trinajstić information content (AvgIpc) is 3.04. The second-order valence-corrected chi connectivity index (χ2v) is 11.0. The summed E-state index contributed by atoms with van der Waals surface area (Å²) >= 11 is 0. The number of aromatic nitrogens is 1. The van der Waals surface area contributed by atoms with Crippen molar-refractivity contribution in [1.82, 2.24) is 10.3 Å². The van der Waals surface area contributed by atoms with Gasteiger partial charge in [-0.1, -0.05) is 44.2 Å². The Labute approximate surface area is 263 Å². The molecule has 1 aromatic heterocycles. The number of hydrogen-bond acceptors (Lipinski definition) is 10. The van der Waals surface area contributed by atoms with Crippen molar-refractivity contribution in [3.05, 3.63) is 78.1 Å². The van der Waals surface area contributed by atoms with Gasteiger partial charge in [0, 0.05) is 24.8 Å². The van der Waals surface area contributed by atoms with Gasteiger partial charge in [-0.05, 0) is 49.6 Å². The number of carbonyl (C=O) groups excluding carboxylic acids is 3. The smallest absolute Gasteiger partial charge is 0.331 e. The molecular weight excluding hydrogens is 580 g/mol. The second-order valence-electron chi connectivity index (χ2n) is 11.0. The molecule has 1 N–H and O–H groups in total. The maximum absolute atomic E-state index is 13.5. The summed E-state index contributed by atoms with van der Waals surface area (Å²) in [5, 5.41) is 2.64. The standard InChI is InChI=1S/C34H40N2O9/c1-21(2)33(38)45-31-28(41-5)15-17-35-29(31)32(37)36-27-20-42-18-16-24(19-23-11-13-25(40-4)14-12-23)30(22(3)43-34(27)39)44-26-9-7-6-8-10-26/h6-15,17,21-22,24,27,30H,16,18-20H2,1-5H3,(H,36,37)/t22-,24+,27-,30-/m0/s1. The highest BCUT2D eigenvalue weighted by atomic mass is 16.6. The lowest BCUT2D eigenvalue weighted by molar-refractivity contribution is -0.160. The molecule has 11 heteroatoms. The van der Waals surface area contributed by atoms with Crippen molar-refractivity contribution in [2.45, 2.75) is 51.9 Å². The van der Waals surface area contributed by atoms with Crippen molar-refractivity contribution < 1.29 is 42.8 Å². The molecule has 0 aliphatic carbocycles. The van der Waals surface area contributed by atoms with E-state index < -0.39 is 42.0 Å². The van der Waals surface area contributed by atoms with Crippen LogP contribution < -0.4 is 24.3 Å². The first-order valence-electron chi connectivity index (χ1n) is 14.9. The van der Waals surface area contributed by atoms with Gasteiger partial charge >= 0.3 is 11.9 Å². The number of hydrogen-bond donors (Lipinski definition) is 1. The quantitative estimate of drug-likeness (QED) is 0.325. The van der Waals surface area contributed by atoms with Gasteiger partial charge in [0.25, 0.3) is 5.91 Å². The number of methoxy groups -OCH3 is 2. The number of ether oxygens (including phenoxy) is 6. The molecule has 2 aromatic carbocycles. The lowest BCUT2D eigenvalue weighted by Crippen LogP contribution is -2.50. The van der Waals surface area contributed by atoms with E-state index in [-0.39, 0.29) is 29.7 Å². The predicted octanol–water partition coefficient (Wildman–Crippen LogP) is 4.42. The first kappa shape index (κ1) is 33.3. The van der Waals surface area contributed by atoms with Gasteiger partial charge in [-0.15, -0.1) is 0 Å². The zero-order chi connectivity index (χ0) is 32.3. The Balaban J connectivity index is 1.55. The minimum Gasteiger partial charge on any atom is -0.497 e. The third-order valence-corrected chi connectivity index (χ3v) is 7.39. The fourth-order valence-electron chi connectivity index (χ4n) is 4.91. The number of benzene rings is 2. The van der Waals surface area contributed by atoms with Crippen LogP contribution in [0.15, 0.2) is 66.9 Å². The van der Waals surface area contributed by atoms with Crippen LogP contribution in [0, 0.1) is 11.8 Å². The van der Waals surface area contributed by atoms with Gasteiger partial charge in [-0.25, -0.2) is 9.78 Å². The lowest BCUT2D eigenvalue weighted by atomic mass is 9.88. The Morgan fingerprint density at radius 3 is 2.40 bits per heavy atom. The Bertz CT molecular complexity index is 1430. The monoisotopic (exact) mass is 620 g/mol. The van der Waals surface area contributed by atoms with Crippen LogP contribution >= 0.6 is 0 Å². The normalized spacial score (nSPS) is 20.4. The molecule has 0 unspecified atom stereocenters. The number of esters is 2. The molecule has 0 radical (unpaired) electrons. The van der Waals surface area contributed by atoms with Crippen LogP contribution in [-0.2, 0) is 25.5 Å². The van der Waals surface area contributed by atoms with E-state index in [1.54, 1.807) is 27.9 Å². The summed E-state index contributed by atoms with van der Waals surface area (Å²) in [5.74, 6) is -1.17. The molecule has 4 atom stereocenters. The van der Waals surface area contributed by atoms with Crippen molar-refractivity contribution >= 4 is 17.8 Å². The van der Waals surface area contributed by atoms with Gasteiger partial charge in [-0.2, -0.15) is 0 Å². The van der Waals surface area contributed by atoms with E-state index in [0.717, 1.165) is 11.3 Å². The van der Waals surface area contributed by atoms with Crippen molar-refractivity contribution in [2.75, 3.05) is 27.4 Å². The predicted molar refractivity (Wildman–Crippen MR) is 165 cm³/mol. The van der Waals surface area contributed by atoms with Crippen LogP contribution in [0.25, 0.3) is 0 Å². The molecule has 0 saturated carbocycles. The maximum Gasteiger partial charge on any atom is 0.331 e. The number of nitrogens with one attached hydrogen (secondary N) is 1. The summed E-state index contributed by atoms with van der Waals surface area (Å²) in [5.41, 5.74) is 0.856. The number of para-hydroxylation sites is 1. The van der Waals surface area contributed by atoms with Crippen molar-refractivity contribution in [2.24, 2.45) is 11.8 Å². The van der Waals surface area contributed by atoms with Crippen LogP contribution in [0.4, 0.5) is 0 Å². The van der Waals surface area contributed by atoms with Crippen LogP contribution in [0.1, 0.15) is 43.2 Å². The summed E-state index contributed by atoms with van der Waals surface area (Å²) in [6, 6.07) is 17.5. The van der Waals surface area contributed by atoms with Gasteiger partial charge in [0.2, 0.25) is 5.75 Å². The Morgan fingerprint density at radius 1 is 1.00 bits per heavy atom. The highest BCUT2D eigenvalue weighted by molar-refractivity contribution is 5.98. The topological polar surface area (TPSA) is 132 Å². The Morgan fingerprint density at radius 2 is 1.73 bits per heavy atom. The summed E-state index contributed by atoms with van der Waals surface area (Å²) in [7, 11) is 3.00. The SMILES string of the molecule is COc1ccc(C[C@H]2CCOC[C@H](NC(=O)c3nccc(OC)c3OC(=O)C(C)C)C(=O)O[C@@H](C)[C@@H]2Oc2ccccc2)cc1. The molecule has 4 rings (SSSR count). The summed E-state index contributed by atoms with van der Waals surface area (Å²) in [6.07, 6.45) is 1.37. The molecule has 1 aliphatic rings.